The fourth-order valence-electron chi connectivity index (χ4n) is 3.34. The number of hydrogen-bond donors (Lipinski definition) is 1. The molecule has 0 spiro atoms. The molecule has 25 heavy (non-hydrogen) atoms. The number of nitrogens with zero attached hydrogens (tertiary/aromatic N) is 2. The van der Waals surface area contributed by atoms with Crippen molar-refractivity contribution in [3.63, 3.8) is 0 Å². The molecule has 1 aliphatic heterocycles. The number of sulfonamides is 1. The van der Waals surface area contributed by atoms with E-state index < -0.39 is 10.0 Å². The van der Waals surface area contributed by atoms with Crippen LogP contribution in [0.2, 0.25) is 0 Å². The van der Waals surface area contributed by atoms with Gasteiger partial charge in [-0.1, -0.05) is 6.07 Å². The molecule has 7 heteroatoms. The summed E-state index contributed by atoms with van der Waals surface area (Å²) in [6, 6.07) is 11.5. The molecule has 0 saturated carbocycles. The number of anilines is 1. The minimum atomic E-state index is -3.71. The van der Waals surface area contributed by atoms with Gasteiger partial charge in [-0.3, -0.25) is 4.98 Å². The van der Waals surface area contributed by atoms with E-state index in [0.717, 1.165) is 40.7 Å². The molecule has 2 aromatic carbocycles. The number of halogens is 1. The number of primary sulfonamides is 1. The second kappa shape index (κ2) is 5.79. The van der Waals surface area contributed by atoms with Crippen molar-refractivity contribution >= 4 is 26.6 Å². The molecular formula is C18H16FN3O2S. The van der Waals surface area contributed by atoms with Crippen molar-refractivity contribution in [2.45, 2.75) is 17.9 Å². The molecule has 0 unspecified atom stereocenters. The lowest BCUT2D eigenvalue weighted by atomic mass is 10.1. The van der Waals surface area contributed by atoms with Crippen molar-refractivity contribution in [2.75, 3.05) is 11.4 Å². The minimum Gasteiger partial charge on any atom is -0.367 e. The van der Waals surface area contributed by atoms with Gasteiger partial charge in [0, 0.05) is 35.9 Å². The molecule has 128 valence electrons. The predicted octanol–water partition coefficient (Wildman–Crippen LogP) is 2.58. The number of hydrogen-bond acceptors (Lipinski definition) is 4. The Balaban J connectivity index is 1.71. The summed E-state index contributed by atoms with van der Waals surface area (Å²) in [4.78, 5) is 6.60. The number of rotatable bonds is 3. The summed E-state index contributed by atoms with van der Waals surface area (Å²) in [5.74, 6) is -0.292. The van der Waals surface area contributed by atoms with E-state index in [9.17, 15) is 12.8 Å². The Morgan fingerprint density at radius 1 is 1.20 bits per heavy atom. The SMILES string of the molecule is NS(=O)(=O)c1ccc2c(c1)CCN2Cc1cc(F)cc2cccnc12. The molecule has 0 aliphatic carbocycles. The minimum absolute atomic E-state index is 0.117. The lowest BCUT2D eigenvalue weighted by Crippen LogP contribution is -2.20. The van der Waals surface area contributed by atoms with E-state index in [2.05, 4.69) is 9.88 Å². The van der Waals surface area contributed by atoms with Crippen molar-refractivity contribution in [1.29, 1.82) is 0 Å². The summed E-state index contributed by atoms with van der Waals surface area (Å²) in [5, 5.41) is 5.96. The Kier molecular flexibility index (Phi) is 3.70. The van der Waals surface area contributed by atoms with Crippen LogP contribution in [0.3, 0.4) is 0 Å². The molecule has 4 rings (SSSR count). The second-order valence-corrected chi connectivity index (χ2v) is 7.71. The Bertz CT molecular complexity index is 1080. The van der Waals surface area contributed by atoms with E-state index >= 15 is 0 Å². The van der Waals surface area contributed by atoms with Crippen LogP contribution < -0.4 is 10.0 Å². The molecular weight excluding hydrogens is 341 g/mol. The zero-order valence-electron chi connectivity index (χ0n) is 13.3. The summed E-state index contributed by atoms with van der Waals surface area (Å²) in [5.41, 5.74) is 3.46. The van der Waals surface area contributed by atoms with Crippen LogP contribution in [0.5, 0.6) is 0 Å². The lowest BCUT2D eigenvalue weighted by molar-refractivity contribution is 0.597. The van der Waals surface area contributed by atoms with Crippen molar-refractivity contribution < 1.29 is 12.8 Å². The van der Waals surface area contributed by atoms with Gasteiger partial charge >= 0.3 is 0 Å². The summed E-state index contributed by atoms with van der Waals surface area (Å²) in [6.07, 6.45) is 2.42. The average Bonchev–Trinajstić information content (AvgIpc) is 2.96. The van der Waals surface area contributed by atoms with Gasteiger partial charge in [0.1, 0.15) is 5.82 Å². The van der Waals surface area contributed by atoms with Gasteiger partial charge < -0.3 is 4.90 Å². The first-order valence-corrected chi connectivity index (χ1v) is 9.40. The monoisotopic (exact) mass is 357 g/mol. The van der Waals surface area contributed by atoms with Gasteiger partial charge in [0.05, 0.1) is 10.4 Å². The highest BCUT2D eigenvalue weighted by Gasteiger charge is 2.22. The zero-order valence-corrected chi connectivity index (χ0v) is 14.1. The van der Waals surface area contributed by atoms with Crippen LogP contribution in [0.4, 0.5) is 10.1 Å². The van der Waals surface area contributed by atoms with Gasteiger partial charge in [-0.05, 0) is 48.4 Å². The fraction of sp³-hybridized carbons (Fsp3) is 0.167. The Labute approximate surface area is 145 Å². The maximum atomic E-state index is 13.9. The number of nitrogens with two attached hydrogens (primary N) is 1. The third-order valence-electron chi connectivity index (χ3n) is 4.48. The Hall–Kier alpha value is -2.51. The lowest BCUT2D eigenvalue weighted by Gasteiger charge is -2.20. The van der Waals surface area contributed by atoms with E-state index in [4.69, 9.17) is 5.14 Å². The van der Waals surface area contributed by atoms with Crippen molar-refractivity contribution in [1.82, 2.24) is 4.98 Å². The highest BCUT2D eigenvalue weighted by Crippen LogP contribution is 2.32. The van der Waals surface area contributed by atoms with E-state index in [1.807, 2.05) is 6.07 Å². The maximum Gasteiger partial charge on any atom is 0.238 e. The van der Waals surface area contributed by atoms with Crippen LogP contribution in [0.15, 0.2) is 53.6 Å². The molecule has 2 heterocycles. The molecule has 0 bridgehead atoms. The summed E-state index contributed by atoms with van der Waals surface area (Å²) < 4.78 is 36.9. The third kappa shape index (κ3) is 2.96. The smallest absolute Gasteiger partial charge is 0.238 e. The largest absolute Gasteiger partial charge is 0.367 e. The number of benzene rings is 2. The predicted molar refractivity (Wildman–Crippen MR) is 94.3 cm³/mol. The zero-order chi connectivity index (χ0) is 17.6. The third-order valence-corrected chi connectivity index (χ3v) is 5.39. The van der Waals surface area contributed by atoms with Gasteiger partial charge in [-0.25, -0.2) is 17.9 Å². The molecule has 5 nitrogen and oxygen atoms in total. The molecule has 0 fully saturated rings. The molecule has 0 amide bonds. The fourth-order valence-corrected chi connectivity index (χ4v) is 3.91. The van der Waals surface area contributed by atoms with Gasteiger partial charge in [0.25, 0.3) is 0 Å². The number of aromatic nitrogens is 1. The molecule has 2 N–H and O–H groups in total. The highest BCUT2D eigenvalue weighted by atomic mass is 32.2. The van der Waals surface area contributed by atoms with Crippen LogP contribution in [0.25, 0.3) is 10.9 Å². The molecule has 1 aromatic heterocycles. The first kappa shape index (κ1) is 16.0. The van der Waals surface area contributed by atoms with Crippen LogP contribution in [-0.4, -0.2) is 19.9 Å². The average molecular weight is 357 g/mol. The van der Waals surface area contributed by atoms with Crippen LogP contribution in [-0.2, 0) is 23.0 Å². The van der Waals surface area contributed by atoms with Crippen molar-refractivity contribution in [3.8, 4) is 0 Å². The van der Waals surface area contributed by atoms with Gasteiger partial charge in [0.2, 0.25) is 10.0 Å². The maximum absolute atomic E-state index is 13.9. The van der Waals surface area contributed by atoms with Gasteiger partial charge in [0.15, 0.2) is 0 Å². The Morgan fingerprint density at radius 3 is 2.84 bits per heavy atom. The van der Waals surface area contributed by atoms with Crippen LogP contribution in [0.1, 0.15) is 11.1 Å². The van der Waals surface area contributed by atoms with E-state index in [1.165, 1.54) is 18.2 Å². The van der Waals surface area contributed by atoms with Gasteiger partial charge in [-0.2, -0.15) is 0 Å². The van der Waals surface area contributed by atoms with Crippen LogP contribution in [0, 0.1) is 5.82 Å². The quantitative estimate of drug-likeness (QED) is 0.782. The van der Waals surface area contributed by atoms with E-state index in [0.29, 0.717) is 6.54 Å². The first-order chi connectivity index (χ1) is 11.9. The topological polar surface area (TPSA) is 76.3 Å². The van der Waals surface area contributed by atoms with Crippen molar-refractivity contribution in [3.05, 3.63) is 65.6 Å². The molecule has 0 atom stereocenters. The normalized spacial score (nSPS) is 14.1. The summed E-state index contributed by atoms with van der Waals surface area (Å²) in [6.45, 7) is 1.24. The molecule has 1 aliphatic rings. The molecule has 0 saturated heterocycles. The van der Waals surface area contributed by atoms with Crippen LogP contribution >= 0.6 is 0 Å². The molecule has 0 radical (unpaired) electrons. The first-order valence-electron chi connectivity index (χ1n) is 7.86. The number of fused-ring (bicyclic) bond motifs is 2. The summed E-state index contributed by atoms with van der Waals surface area (Å²) in [7, 11) is -3.71. The standard InChI is InChI=1S/C18H16FN3O2S/c19-15-8-13-2-1-6-21-18(13)14(9-15)11-22-7-5-12-10-16(25(20,23)24)3-4-17(12)22/h1-4,6,8-10H,5,7,11H2,(H2,20,23,24). The molecule has 3 aromatic rings. The number of pyridine rings is 1. The second-order valence-electron chi connectivity index (χ2n) is 6.15. The van der Waals surface area contributed by atoms with Gasteiger partial charge in [-0.15, -0.1) is 0 Å². The summed E-state index contributed by atoms with van der Waals surface area (Å²) >= 11 is 0. The van der Waals surface area contributed by atoms with E-state index in [-0.39, 0.29) is 10.7 Å². The Morgan fingerprint density at radius 2 is 2.04 bits per heavy atom. The highest BCUT2D eigenvalue weighted by molar-refractivity contribution is 7.89. The van der Waals surface area contributed by atoms with E-state index in [1.54, 1.807) is 24.4 Å². The van der Waals surface area contributed by atoms with Crippen molar-refractivity contribution in [2.24, 2.45) is 5.14 Å².